The summed E-state index contributed by atoms with van der Waals surface area (Å²) in [5.74, 6) is -0.184. The highest BCUT2D eigenvalue weighted by atomic mass is 79.9. The zero-order chi connectivity index (χ0) is 12.4. The van der Waals surface area contributed by atoms with E-state index in [0.29, 0.717) is 19.9 Å². The molecule has 1 amide bonds. The number of hydrogen-bond donors (Lipinski definition) is 1. The Labute approximate surface area is 121 Å². The lowest BCUT2D eigenvalue weighted by molar-refractivity contribution is 0.103. The second kappa shape index (κ2) is 5.40. The van der Waals surface area contributed by atoms with E-state index in [9.17, 15) is 4.79 Å². The zero-order valence-corrected chi connectivity index (χ0v) is 12.3. The first-order valence-electron chi connectivity index (χ1n) is 4.58. The molecule has 0 saturated carbocycles. The smallest absolute Gasteiger partial charge is 0.265 e. The summed E-state index contributed by atoms with van der Waals surface area (Å²) in [6, 6.07) is 8.57. The number of amides is 1. The van der Waals surface area contributed by atoms with Gasteiger partial charge in [0.15, 0.2) is 0 Å². The minimum atomic E-state index is -0.184. The van der Waals surface area contributed by atoms with Crippen LogP contribution >= 0.6 is 50.5 Å². The van der Waals surface area contributed by atoms with Gasteiger partial charge in [0.25, 0.3) is 5.91 Å². The molecule has 1 heterocycles. The van der Waals surface area contributed by atoms with Gasteiger partial charge in [0, 0.05) is 10.2 Å². The summed E-state index contributed by atoms with van der Waals surface area (Å²) in [6.45, 7) is 0. The van der Waals surface area contributed by atoms with Gasteiger partial charge in [0.1, 0.15) is 0 Å². The zero-order valence-electron chi connectivity index (χ0n) is 8.34. The predicted molar refractivity (Wildman–Crippen MR) is 76.4 cm³/mol. The molecule has 2 nitrogen and oxygen atoms in total. The fourth-order valence-electron chi connectivity index (χ4n) is 1.20. The Morgan fingerprint density at radius 3 is 2.59 bits per heavy atom. The van der Waals surface area contributed by atoms with E-state index < -0.39 is 0 Å². The molecule has 0 aliphatic carbocycles. The largest absolute Gasteiger partial charge is 0.321 e. The molecular formula is C11H6BrCl2NOS. The summed E-state index contributed by atoms with van der Waals surface area (Å²) >= 11 is 16.2. The van der Waals surface area contributed by atoms with E-state index in [1.807, 2.05) is 0 Å². The molecule has 0 radical (unpaired) electrons. The van der Waals surface area contributed by atoms with Gasteiger partial charge in [0.05, 0.1) is 14.2 Å². The molecule has 0 aliphatic heterocycles. The number of carbonyl (C=O) groups is 1. The molecule has 0 bridgehead atoms. The van der Waals surface area contributed by atoms with E-state index in [2.05, 4.69) is 21.2 Å². The van der Waals surface area contributed by atoms with Crippen molar-refractivity contribution in [3.05, 3.63) is 49.0 Å². The molecular weight excluding hydrogens is 345 g/mol. The minimum absolute atomic E-state index is 0.184. The predicted octanol–water partition coefficient (Wildman–Crippen LogP) is 5.07. The topological polar surface area (TPSA) is 29.1 Å². The van der Waals surface area contributed by atoms with Crippen molar-refractivity contribution in [1.29, 1.82) is 0 Å². The van der Waals surface area contributed by atoms with Gasteiger partial charge < -0.3 is 5.32 Å². The van der Waals surface area contributed by atoms with Crippen molar-refractivity contribution in [1.82, 2.24) is 0 Å². The van der Waals surface area contributed by atoms with Crippen LogP contribution in [0.1, 0.15) is 9.67 Å². The van der Waals surface area contributed by atoms with Gasteiger partial charge in [-0.2, -0.15) is 0 Å². The first-order chi connectivity index (χ1) is 8.06. The number of rotatable bonds is 2. The van der Waals surface area contributed by atoms with E-state index >= 15 is 0 Å². The van der Waals surface area contributed by atoms with Crippen LogP contribution in [0.2, 0.25) is 9.36 Å². The standard InChI is InChI=1S/C11H6BrCl2NOS/c12-7-5-6(1-2-8(7)13)15-11(16)9-3-4-10(14)17-9/h1-5H,(H,15,16). The lowest BCUT2D eigenvalue weighted by atomic mass is 10.3. The van der Waals surface area contributed by atoms with Crippen molar-refractivity contribution in [2.75, 3.05) is 5.32 Å². The quantitative estimate of drug-likeness (QED) is 0.804. The molecule has 0 unspecified atom stereocenters. The number of nitrogens with one attached hydrogen (secondary N) is 1. The normalized spacial score (nSPS) is 10.3. The second-order valence-electron chi connectivity index (χ2n) is 3.19. The third-order valence-corrected chi connectivity index (χ3v) is 4.42. The molecule has 1 aromatic heterocycles. The van der Waals surface area contributed by atoms with Crippen molar-refractivity contribution >= 4 is 62.1 Å². The lowest BCUT2D eigenvalue weighted by Gasteiger charge is -2.04. The van der Waals surface area contributed by atoms with Gasteiger partial charge in [-0.3, -0.25) is 4.79 Å². The van der Waals surface area contributed by atoms with E-state index in [1.54, 1.807) is 30.3 Å². The fourth-order valence-corrected chi connectivity index (χ4v) is 2.64. The molecule has 2 rings (SSSR count). The Kier molecular flexibility index (Phi) is 4.09. The van der Waals surface area contributed by atoms with E-state index in [4.69, 9.17) is 23.2 Å². The minimum Gasteiger partial charge on any atom is -0.321 e. The van der Waals surface area contributed by atoms with E-state index in [0.717, 1.165) is 4.47 Å². The Morgan fingerprint density at radius 1 is 1.24 bits per heavy atom. The molecule has 1 N–H and O–H groups in total. The molecule has 0 atom stereocenters. The van der Waals surface area contributed by atoms with Crippen LogP contribution in [0.5, 0.6) is 0 Å². The Hall–Kier alpha value is -0.550. The Morgan fingerprint density at radius 2 is 2.00 bits per heavy atom. The molecule has 2 aromatic rings. The molecule has 0 saturated heterocycles. The SMILES string of the molecule is O=C(Nc1ccc(Cl)c(Br)c1)c1ccc(Cl)s1. The summed E-state index contributed by atoms with van der Waals surface area (Å²) in [5, 5.41) is 3.36. The Bertz CT molecular complexity index is 570. The van der Waals surface area contributed by atoms with Crippen LogP contribution in [-0.4, -0.2) is 5.91 Å². The van der Waals surface area contributed by atoms with Crippen LogP contribution in [0.25, 0.3) is 0 Å². The lowest BCUT2D eigenvalue weighted by Crippen LogP contribution is -2.09. The molecule has 6 heteroatoms. The van der Waals surface area contributed by atoms with Crippen molar-refractivity contribution in [2.45, 2.75) is 0 Å². The molecule has 0 spiro atoms. The summed E-state index contributed by atoms with van der Waals surface area (Å²) < 4.78 is 1.33. The van der Waals surface area contributed by atoms with E-state index in [1.165, 1.54) is 11.3 Å². The van der Waals surface area contributed by atoms with Crippen LogP contribution in [0.4, 0.5) is 5.69 Å². The average Bonchev–Trinajstić information content (AvgIpc) is 2.70. The van der Waals surface area contributed by atoms with Gasteiger partial charge in [0.2, 0.25) is 0 Å². The Balaban J connectivity index is 2.15. The maximum Gasteiger partial charge on any atom is 0.265 e. The number of thiophene rings is 1. The van der Waals surface area contributed by atoms with Crippen molar-refractivity contribution < 1.29 is 4.79 Å². The maximum absolute atomic E-state index is 11.8. The van der Waals surface area contributed by atoms with Crippen LogP contribution in [0, 0.1) is 0 Å². The van der Waals surface area contributed by atoms with Gasteiger partial charge in [-0.15, -0.1) is 11.3 Å². The highest BCUT2D eigenvalue weighted by Gasteiger charge is 2.09. The van der Waals surface area contributed by atoms with Gasteiger partial charge >= 0.3 is 0 Å². The summed E-state index contributed by atoms with van der Waals surface area (Å²) in [6.07, 6.45) is 0. The number of halogens is 3. The molecule has 0 fully saturated rings. The van der Waals surface area contributed by atoms with E-state index in [-0.39, 0.29) is 5.91 Å². The van der Waals surface area contributed by atoms with Gasteiger partial charge in [-0.05, 0) is 46.3 Å². The number of carbonyl (C=O) groups excluding carboxylic acids is 1. The average molecular weight is 351 g/mol. The summed E-state index contributed by atoms with van der Waals surface area (Å²) in [4.78, 5) is 12.4. The first-order valence-corrected chi connectivity index (χ1v) is 6.94. The third-order valence-electron chi connectivity index (χ3n) is 1.97. The molecule has 17 heavy (non-hydrogen) atoms. The second-order valence-corrected chi connectivity index (χ2v) is 6.16. The van der Waals surface area contributed by atoms with Gasteiger partial charge in [-0.25, -0.2) is 0 Å². The van der Waals surface area contributed by atoms with Crippen molar-refractivity contribution in [3.8, 4) is 0 Å². The highest BCUT2D eigenvalue weighted by Crippen LogP contribution is 2.27. The molecule has 88 valence electrons. The van der Waals surface area contributed by atoms with Crippen molar-refractivity contribution in [3.63, 3.8) is 0 Å². The third kappa shape index (κ3) is 3.22. The number of hydrogen-bond acceptors (Lipinski definition) is 2. The van der Waals surface area contributed by atoms with Crippen LogP contribution < -0.4 is 5.32 Å². The monoisotopic (exact) mass is 349 g/mol. The first kappa shape index (κ1) is 12.9. The summed E-state index contributed by atoms with van der Waals surface area (Å²) in [7, 11) is 0. The summed E-state index contributed by atoms with van der Waals surface area (Å²) in [5.41, 5.74) is 0.677. The van der Waals surface area contributed by atoms with Crippen LogP contribution in [-0.2, 0) is 0 Å². The molecule has 1 aromatic carbocycles. The fraction of sp³-hybridized carbons (Fsp3) is 0. The van der Waals surface area contributed by atoms with Crippen LogP contribution in [0.3, 0.4) is 0 Å². The highest BCUT2D eigenvalue weighted by molar-refractivity contribution is 9.10. The number of anilines is 1. The number of benzene rings is 1. The van der Waals surface area contributed by atoms with Gasteiger partial charge in [-0.1, -0.05) is 23.2 Å². The molecule has 0 aliphatic rings. The van der Waals surface area contributed by atoms with Crippen molar-refractivity contribution in [2.24, 2.45) is 0 Å². The maximum atomic E-state index is 11.8. The van der Waals surface area contributed by atoms with Crippen LogP contribution in [0.15, 0.2) is 34.8 Å².